The highest BCUT2D eigenvalue weighted by Crippen LogP contribution is 2.13. The highest BCUT2D eigenvalue weighted by atomic mass is 16.2. The van der Waals surface area contributed by atoms with Crippen LogP contribution in [0.4, 0.5) is 5.69 Å². The number of carbonyl (C=O) groups excluding carboxylic acids is 2. The number of amides is 2. The number of hydrogen-bond acceptors (Lipinski definition) is 5. The van der Waals surface area contributed by atoms with Crippen LogP contribution in [-0.2, 0) is 11.8 Å². The average Bonchev–Trinajstić information content (AvgIpc) is 2.76. The quantitative estimate of drug-likeness (QED) is 0.760. The van der Waals surface area contributed by atoms with Crippen molar-refractivity contribution in [3.63, 3.8) is 0 Å². The minimum absolute atomic E-state index is 0.0875. The fourth-order valence-corrected chi connectivity index (χ4v) is 2.35. The lowest BCUT2D eigenvalue weighted by molar-refractivity contribution is -0.133. The first kappa shape index (κ1) is 15.3. The number of nitrogens with two attached hydrogens (primary N) is 1. The molecule has 2 rings (SSSR count). The molecule has 8 heteroatoms. The van der Waals surface area contributed by atoms with Crippen LogP contribution < -0.4 is 5.73 Å². The number of aromatic nitrogens is 2. The molecule has 116 valence electrons. The van der Waals surface area contributed by atoms with E-state index in [0.717, 1.165) is 0 Å². The minimum atomic E-state index is -0.173. The lowest BCUT2D eigenvalue weighted by atomic mass is 10.2. The Balaban J connectivity index is 1.93. The van der Waals surface area contributed by atoms with Gasteiger partial charge in [-0.1, -0.05) is 0 Å². The predicted octanol–water partition coefficient (Wildman–Crippen LogP) is -1.15. The molecule has 2 heterocycles. The van der Waals surface area contributed by atoms with Crippen molar-refractivity contribution in [3.8, 4) is 0 Å². The summed E-state index contributed by atoms with van der Waals surface area (Å²) in [6, 6.07) is 0. The Morgan fingerprint density at radius 3 is 2.29 bits per heavy atom. The summed E-state index contributed by atoms with van der Waals surface area (Å²) in [7, 11) is 5.45. The second kappa shape index (κ2) is 6.13. The van der Waals surface area contributed by atoms with E-state index in [1.54, 1.807) is 23.0 Å². The van der Waals surface area contributed by atoms with Crippen molar-refractivity contribution in [2.75, 3.05) is 52.6 Å². The normalized spacial score (nSPS) is 15.6. The van der Waals surface area contributed by atoms with Crippen molar-refractivity contribution in [2.24, 2.45) is 7.05 Å². The number of rotatable bonds is 3. The zero-order valence-electron chi connectivity index (χ0n) is 12.7. The number of nitrogen functional groups attached to an aromatic ring is 1. The number of aryl methyl sites for hydroxylation is 1. The molecule has 1 aromatic rings. The molecule has 0 bridgehead atoms. The number of piperazine rings is 1. The molecule has 1 aliphatic rings. The molecule has 0 saturated carbocycles. The van der Waals surface area contributed by atoms with E-state index in [2.05, 4.69) is 5.10 Å². The van der Waals surface area contributed by atoms with Crippen LogP contribution >= 0.6 is 0 Å². The third-order valence-corrected chi connectivity index (χ3v) is 3.43. The zero-order chi connectivity index (χ0) is 15.6. The summed E-state index contributed by atoms with van der Waals surface area (Å²) in [5, 5.41) is 4.09. The van der Waals surface area contributed by atoms with Gasteiger partial charge in [-0.3, -0.25) is 14.3 Å². The molecule has 0 aromatic carbocycles. The number of likely N-dealkylation sites (N-methyl/N-ethyl adjacent to an activating group) is 1. The third-order valence-electron chi connectivity index (χ3n) is 3.43. The van der Waals surface area contributed by atoms with Gasteiger partial charge in [-0.05, 0) is 14.1 Å². The van der Waals surface area contributed by atoms with Crippen LogP contribution in [0.15, 0.2) is 6.20 Å². The lowest BCUT2D eigenvalue weighted by Gasteiger charge is -2.35. The van der Waals surface area contributed by atoms with Gasteiger partial charge < -0.3 is 20.4 Å². The van der Waals surface area contributed by atoms with Crippen LogP contribution in [0.5, 0.6) is 0 Å². The SMILES string of the molecule is CN(C)CC(=O)N1CCN(C(=O)c2nn(C)cc2N)CC1. The summed E-state index contributed by atoms with van der Waals surface area (Å²) >= 11 is 0. The first-order chi connectivity index (χ1) is 9.88. The summed E-state index contributed by atoms with van der Waals surface area (Å²) in [5.41, 5.74) is 6.44. The molecule has 1 aliphatic heterocycles. The number of carbonyl (C=O) groups is 2. The molecule has 0 atom stereocenters. The van der Waals surface area contributed by atoms with Crippen LogP contribution in [-0.4, -0.2) is 83.1 Å². The second-order valence-electron chi connectivity index (χ2n) is 5.52. The van der Waals surface area contributed by atoms with Gasteiger partial charge in [-0.2, -0.15) is 5.10 Å². The van der Waals surface area contributed by atoms with Crippen LogP contribution in [0.1, 0.15) is 10.5 Å². The van der Waals surface area contributed by atoms with Gasteiger partial charge in [0.05, 0.1) is 12.2 Å². The Kier molecular flexibility index (Phi) is 4.46. The maximum Gasteiger partial charge on any atom is 0.276 e. The Hall–Kier alpha value is -2.09. The lowest BCUT2D eigenvalue weighted by Crippen LogP contribution is -2.52. The van der Waals surface area contributed by atoms with Crippen LogP contribution in [0.3, 0.4) is 0 Å². The Morgan fingerprint density at radius 1 is 1.24 bits per heavy atom. The van der Waals surface area contributed by atoms with E-state index >= 15 is 0 Å². The summed E-state index contributed by atoms with van der Waals surface area (Å²) in [4.78, 5) is 29.6. The Bertz CT molecular complexity index is 531. The van der Waals surface area contributed by atoms with Gasteiger partial charge in [0.2, 0.25) is 5.91 Å². The molecule has 1 fully saturated rings. The molecule has 0 aliphatic carbocycles. The fourth-order valence-electron chi connectivity index (χ4n) is 2.35. The maximum absolute atomic E-state index is 12.3. The van der Waals surface area contributed by atoms with Crippen molar-refractivity contribution < 1.29 is 9.59 Å². The number of hydrogen-bond donors (Lipinski definition) is 1. The maximum atomic E-state index is 12.3. The van der Waals surface area contributed by atoms with Crippen LogP contribution in [0.25, 0.3) is 0 Å². The summed E-state index contributed by atoms with van der Waals surface area (Å²) in [6.45, 7) is 2.50. The van der Waals surface area contributed by atoms with E-state index in [1.165, 1.54) is 4.68 Å². The molecule has 1 aromatic heterocycles. The molecule has 1 saturated heterocycles. The molecule has 21 heavy (non-hydrogen) atoms. The zero-order valence-corrected chi connectivity index (χ0v) is 12.7. The van der Waals surface area contributed by atoms with Gasteiger partial charge in [0.15, 0.2) is 5.69 Å². The van der Waals surface area contributed by atoms with Crippen molar-refractivity contribution in [2.45, 2.75) is 0 Å². The van der Waals surface area contributed by atoms with Gasteiger partial charge in [0.1, 0.15) is 0 Å². The van der Waals surface area contributed by atoms with Crippen molar-refractivity contribution in [1.29, 1.82) is 0 Å². The molecular weight excluding hydrogens is 272 g/mol. The minimum Gasteiger partial charge on any atom is -0.396 e. The molecule has 0 unspecified atom stereocenters. The van der Waals surface area contributed by atoms with E-state index in [4.69, 9.17) is 5.73 Å². The van der Waals surface area contributed by atoms with Gasteiger partial charge in [0, 0.05) is 39.4 Å². The van der Waals surface area contributed by atoms with E-state index in [1.807, 2.05) is 19.0 Å². The van der Waals surface area contributed by atoms with Crippen LogP contribution in [0, 0.1) is 0 Å². The fraction of sp³-hybridized carbons (Fsp3) is 0.615. The number of nitrogens with zero attached hydrogens (tertiary/aromatic N) is 5. The molecule has 0 radical (unpaired) electrons. The van der Waals surface area contributed by atoms with Gasteiger partial charge in [0.25, 0.3) is 5.91 Å². The largest absolute Gasteiger partial charge is 0.396 e. The predicted molar refractivity (Wildman–Crippen MR) is 78.7 cm³/mol. The van der Waals surface area contributed by atoms with Crippen molar-refractivity contribution in [3.05, 3.63) is 11.9 Å². The molecule has 0 spiro atoms. The van der Waals surface area contributed by atoms with Gasteiger partial charge >= 0.3 is 0 Å². The van der Waals surface area contributed by atoms with Gasteiger partial charge in [-0.25, -0.2) is 0 Å². The first-order valence-corrected chi connectivity index (χ1v) is 6.89. The Morgan fingerprint density at radius 2 is 1.81 bits per heavy atom. The highest BCUT2D eigenvalue weighted by molar-refractivity contribution is 5.97. The third kappa shape index (κ3) is 3.52. The monoisotopic (exact) mass is 294 g/mol. The van der Waals surface area contributed by atoms with Crippen molar-refractivity contribution >= 4 is 17.5 Å². The van der Waals surface area contributed by atoms with Crippen LogP contribution in [0.2, 0.25) is 0 Å². The summed E-state index contributed by atoms with van der Waals surface area (Å²) in [5.74, 6) is -0.0859. The Labute approximate surface area is 124 Å². The summed E-state index contributed by atoms with van der Waals surface area (Å²) < 4.78 is 1.53. The van der Waals surface area contributed by atoms with E-state index in [-0.39, 0.29) is 17.5 Å². The number of anilines is 1. The average molecular weight is 294 g/mol. The second-order valence-corrected chi connectivity index (χ2v) is 5.52. The molecule has 8 nitrogen and oxygen atoms in total. The van der Waals surface area contributed by atoms with E-state index in [0.29, 0.717) is 38.4 Å². The topological polar surface area (TPSA) is 87.7 Å². The molecule has 2 amide bonds. The smallest absolute Gasteiger partial charge is 0.276 e. The standard InChI is InChI=1S/C13H22N6O2/c1-16(2)9-11(20)18-4-6-19(7-5-18)13(21)12-10(14)8-17(3)15-12/h8H,4-7,9,14H2,1-3H3. The van der Waals surface area contributed by atoms with E-state index in [9.17, 15) is 9.59 Å². The van der Waals surface area contributed by atoms with Crippen molar-refractivity contribution in [1.82, 2.24) is 24.5 Å². The summed E-state index contributed by atoms with van der Waals surface area (Å²) in [6.07, 6.45) is 1.62. The first-order valence-electron chi connectivity index (χ1n) is 6.89. The molecule has 2 N–H and O–H groups in total. The van der Waals surface area contributed by atoms with E-state index < -0.39 is 0 Å². The molecular formula is C13H22N6O2. The van der Waals surface area contributed by atoms with Gasteiger partial charge in [-0.15, -0.1) is 0 Å². The highest BCUT2D eigenvalue weighted by Gasteiger charge is 2.27.